The molecule has 0 aromatic heterocycles. The van der Waals surface area contributed by atoms with Crippen LogP contribution in [-0.4, -0.2) is 32.7 Å². The number of fused-ring (bicyclic) bond motifs is 1. The topological polar surface area (TPSA) is 38.3 Å². The zero-order valence-corrected chi connectivity index (χ0v) is 19.9. The van der Waals surface area contributed by atoms with Gasteiger partial charge in [-0.15, -0.1) is 0 Å². The summed E-state index contributed by atoms with van der Waals surface area (Å²) >= 11 is 1.69. The number of hydrogen-bond acceptors (Lipinski definition) is 2. The van der Waals surface area contributed by atoms with Crippen LogP contribution in [0.4, 0.5) is 0 Å². The Morgan fingerprint density at radius 1 is 1.30 bits per heavy atom. The summed E-state index contributed by atoms with van der Waals surface area (Å²) in [7, 11) is 0.925. The van der Waals surface area contributed by atoms with Gasteiger partial charge in [-0.25, -0.2) is 0 Å². The molecule has 2 aliphatic carbocycles. The number of rotatable bonds is 3. The molecule has 3 nitrogen and oxygen atoms in total. The van der Waals surface area contributed by atoms with E-state index in [2.05, 4.69) is 48.1 Å². The normalized spacial score (nSPS) is 17.6. The predicted octanol–water partition coefficient (Wildman–Crippen LogP) is -2.92. The van der Waals surface area contributed by atoms with Crippen LogP contribution in [0.3, 0.4) is 0 Å². The molecule has 7 heteroatoms. The second kappa shape index (κ2) is 10.1. The first-order chi connectivity index (χ1) is 12.0. The minimum absolute atomic E-state index is 0. The molecule has 3 rings (SSSR count). The maximum Gasteiger partial charge on any atom is -1.00 e. The van der Waals surface area contributed by atoms with Gasteiger partial charge < -0.3 is 24.8 Å². The third-order valence-electron chi connectivity index (χ3n) is 4.74. The van der Waals surface area contributed by atoms with Crippen LogP contribution in [0.5, 0.6) is 0 Å². The number of halogens is 2. The van der Waals surface area contributed by atoms with E-state index in [9.17, 15) is 4.79 Å². The number of nitrogens with one attached hydrogen (secondary N) is 1. The SMILES string of the molecule is COC1C=CC(C(=O)[NH][Ti+2])=C(c2cccc3c2C=C(C)C3)C1=[Si](C)C.[Cl-].[Cl-]. The fourth-order valence-electron chi connectivity index (χ4n) is 3.68. The maximum absolute atomic E-state index is 12.6. The number of ether oxygens (including phenoxy) is 1. The summed E-state index contributed by atoms with van der Waals surface area (Å²) in [6.45, 7) is 6.68. The zero-order chi connectivity index (χ0) is 18.1. The Labute approximate surface area is 187 Å². The van der Waals surface area contributed by atoms with E-state index in [-0.39, 0.29) is 36.8 Å². The molecule has 0 heterocycles. The van der Waals surface area contributed by atoms with Crippen molar-refractivity contribution < 1.29 is 55.0 Å². The van der Waals surface area contributed by atoms with Gasteiger partial charge in [-0.05, 0) is 0 Å². The molecule has 2 aliphatic rings. The van der Waals surface area contributed by atoms with E-state index in [0.717, 1.165) is 23.1 Å². The zero-order valence-electron chi connectivity index (χ0n) is 15.8. The van der Waals surface area contributed by atoms with Crippen molar-refractivity contribution >= 4 is 31.1 Å². The Morgan fingerprint density at radius 3 is 2.59 bits per heavy atom. The summed E-state index contributed by atoms with van der Waals surface area (Å²) in [6, 6.07) is 6.43. The predicted molar refractivity (Wildman–Crippen MR) is 101 cm³/mol. The Balaban J connectivity index is 0.00000182. The summed E-state index contributed by atoms with van der Waals surface area (Å²) in [4.78, 5) is 12.6. The van der Waals surface area contributed by atoms with Crippen LogP contribution in [-0.2, 0) is 36.6 Å². The molecule has 1 aromatic carbocycles. The maximum atomic E-state index is 12.6. The second-order valence-electron chi connectivity index (χ2n) is 6.72. The number of carbonyl (C=O) groups is 1. The number of benzene rings is 1. The van der Waals surface area contributed by atoms with Crippen LogP contribution >= 0.6 is 0 Å². The molecule has 0 radical (unpaired) electrons. The van der Waals surface area contributed by atoms with Gasteiger partial charge in [0.2, 0.25) is 0 Å². The third kappa shape index (κ3) is 4.64. The van der Waals surface area contributed by atoms with Gasteiger partial charge in [0.05, 0.1) is 0 Å². The molecule has 0 saturated heterocycles. The van der Waals surface area contributed by atoms with Gasteiger partial charge in [0.25, 0.3) is 0 Å². The van der Waals surface area contributed by atoms with Gasteiger partial charge in [0.1, 0.15) is 0 Å². The van der Waals surface area contributed by atoms with Crippen LogP contribution < -0.4 is 28.6 Å². The van der Waals surface area contributed by atoms with Crippen molar-refractivity contribution in [3.05, 3.63) is 58.2 Å². The van der Waals surface area contributed by atoms with E-state index in [1.54, 1.807) is 27.8 Å². The van der Waals surface area contributed by atoms with Crippen molar-refractivity contribution in [2.24, 2.45) is 0 Å². The molecule has 27 heavy (non-hydrogen) atoms. The quantitative estimate of drug-likeness (QED) is 0.497. The van der Waals surface area contributed by atoms with Crippen LogP contribution in [0.2, 0.25) is 13.1 Å². The summed E-state index contributed by atoms with van der Waals surface area (Å²) in [6.07, 6.45) is 7.11. The molecule has 1 N–H and O–H groups in total. The number of carbonyl (C=O) groups excluding carboxylic acids is 1. The van der Waals surface area contributed by atoms with Crippen LogP contribution in [0.25, 0.3) is 11.6 Å². The van der Waals surface area contributed by atoms with Crippen molar-refractivity contribution in [1.29, 1.82) is 0 Å². The standard InChI is InChI=1S/C20H23NO2Si.2ClH.Ti/c1-12-10-13-6-5-7-14(16(13)11-12)18-15(20(21)22)8-9-17(23-2)19(18)24(3)4;;;/h5-9,11,17H,10H2,1-4H3,(H2,21,22);2*1H;/q;;;+3/p-3. The second-order valence-corrected chi connectivity index (χ2v) is 9.65. The smallest absolute Gasteiger partial charge is 1.00 e. The molecule has 1 amide bonds. The van der Waals surface area contributed by atoms with Crippen molar-refractivity contribution in [1.82, 2.24) is 3.80 Å². The van der Waals surface area contributed by atoms with Crippen LogP contribution in [0.1, 0.15) is 23.6 Å². The molecule has 141 valence electrons. The van der Waals surface area contributed by atoms with Gasteiger partial charge in [0.15, 0.2) is 0 Å². The monoisotopic (exact) mass is 454 g/mol. The Hall–Kier alpha value is -0.749. The number of allylic oxidation sites excluding steroid dienone is 1. The third-order valence-corrected chi connectivity index (χ3v) is 6.70. The van der Waals surface area contributed by atoms with Crippen LogP contribution in [0, 0.1) is 0 Å². The molecule has 0 spiro atoms. The fourth-order valence-corrected chi connectivity index (χ4v) is 5.44. The molecule has 0 saturated carbocycles. The summed E-state index contributed by atoms with van der Waals surface area (Å²) in [5.41, 5.74) is 6.91. The van der Waals surface area contributed by atoms with Crippen molar-refractivity contribution in [2.45, 2.75) is 32.5 Å². The average molecular weight is 455 g/mol. The molecule has 1 aromatic rings. The molecule has 0 fully saturated rings. The Morgan fingerprint density at radius 2 is 2.00 bits per heavy atom. The first-order valence-corrected chi connectivity index (χ1v) is 11.7. The largest absolute Gasteiger partial charge is 1.00 e. The number of hydrogen-bond donors (Lipinski definition) is 1. The van der Waals surface area contributed by atoms with E-state index >= 15 is 0 Å². The van der Waals surface area contributed by atoms with Crippen molar-refractivity contribution in [3.63, 3.8) is 0 Å². The molecule has 1 atom stereocenters. The van der Waals surface area contributed by atoms with E-state index < -0.39 is 8.41 Å². The first kappa shape index (κ1) is 24.3. The molecular weight excluding hydrogens is 433 g/mol. The number of methoxy groups -OCH3 is 1. The Kier molecular flexibility index (Phi) is 9.13. The molecule has 0 aliphatic heterocycles. The fraction of sp³-hybridized carbons (Fsp3) is 0.300. The van der Waals surface area contributed by atoms with Gasteiger partial charge in [-0.1, -0.05) is 0 Å². The first-order valence-electron chi connectivity index (χ1n) is 8.37. The van der Waals surface area contributed by atoms with Crippen molar-refractivity contribution in [2.75, 3.05) is 7.11 Å². The summed E-state index contributed by atoms with van der Waals surface area (Å²) in [5.74, 6) is -0.0437. The van der Waals surface area contributed by atoms with E-state index in [0.29, 0.717) is 0 Å². The summed E-state index contributed by atoms with van der Waals surface area (Å²) < 4.78 is 8.54. The van der Waals surface area contributed by atoms with E-state index in [1.807, 2.05) is 12.2 Å². The minimum atomic E-state index is -0.813. The van der Waals surface area contributed by atoms with Gasteiger partial charge in [-0.3, -0.25) is 0 Å². The average Bonchev–Trinajstić information content (AvgIpc) is 2.99. The van der Waals surface area contributed by atoms with Crippen molar-refractivity contribution in [3.8, 4) is 0 Å². The molecule has 0 bridgehead atoms. The van der Waals surface area contributed by atoms with Gasteiger partial charge >= 0.3 is 163 Å². The van der Waals surface area contributed by atoms with Gasteiger partial charge in [-0.2, -0.15) is 0 Å². The number of amides is 1. The summed E-state index contributed by atoms with van der Waals surface area (Å²) in [5, 5.41) is 1.26. The van der Waals surface area contributed by atoms with Crippen LogP contribution in [0.15, 0.2) is 41.5 Å². The van der Waals surface area contributed by atoms with E-state index in [4.69, 9.17) is 4.74 Å². The molecule has 1 unspecified atom stereocenters. The minimum Gasteiger partial charge on any atom is -1.00 e. The molecular formula is C20H22Cl2NO2SiTi. The Bertz CT molecular complexity index is 871. The van der Waals surface area contributed by atoms with Gasteiger partial charge in [0, 0.05) is 0 Å². The van der Waals surface area contributed by atoms with E-state index in [1.165, 1.54) is 21.9 Å².